The van der Waals surface area contributed by atoms with Crippen LogP contribution in [0.1, 0.15) is 20.8 Å². The highest BCUT2D eigenvalue weighted by atomic mass is 17.0. The fourth-order valence-electron chi connectivity index (χ4n) is 0.767. The van der Waals surface area contributed by atoms with Crippen LogP contribution in [-0.4, -0.2) is 17.8 Å². The molecule has 70 valence electrons. The molecular formula is C7H13NO4. The number of ether oxygens (including phenoxy) is 1. The van der Waals surface area contributed by atoms with Gasteiger partial charge in [0.1, 0.15) is 5.60 Å². The van der Waals surface area contributed by atoms with Gasteiger partial charge in [-0.1, -0.05) is 0 Å². The standard InChI is InChI=1S/C7H13NO4/c1-6(11-4)5-7(2,3)12-8(9)10/h5H,1-4H3/b6-5-. The fraction of sp³-hybridized carbons (Fsp3) is 0.714. The lowest BCUT2D eigenvalue weighted by Crippen LogP contribution is -2.25. The fourth-order valence-corrected chi connectivity index (χ4v) is 0.767. The van der Waals surface area contributed by atoms with E-state index in [2.05, 4.69) is 4.84 Å². The molecule has 0 heterocycles. The molecule has 0 unspecified atom stereocenters. The zero-order chi connectivity index (χ0) is 9.78. The van der Waals surface area contributed by atoms with Crippen LogP contribution >= 0.6 is 0 Å². The van der Waals surface area contributed by atoms with Crippen molar-refractivity contribution < 1.29 is 14.7 Å². The molecule has 0 aromatic carbocycles. The molecule has 0 aliphatic rings. The van der Waals surface area contributed by atoms with Crippen LogP contribution in [0, 0.1) is 10.1 Å². The highest BCUT2D eigenvalue weighted by molar-refractivity contribution is 5.00. The molecule has 0 atom stereocenters. The van der Waals surface area contributed by atoms with Crippen LogP contribution in [-0.2, 0) is 9.57 Å². The number of allylic oxidation sites excluding steroid dienone is 1. The van der Waals surface area contributed by atoms with Gasteiger partial charge in [0.05, 0.1) is 12.9 Å². The summed E-state index contributed by atoms with van der Waals surface area (Å²) in [5, 5.41) is 9.18. The van der Waals surface area contributed by atoms with Crippen molar-refractivity contribution >= 4 is 0 Å². The van der Waals surface area contributed by atoms with Crippen molar-refractivity contribution in [1.29, 1.82) is 0 Å². The van der Waals surface area contributed by atoms with Gasteiger partial charge in [-0.2, -0.15) is 0 Å². The lowest BCUT2D eigenvalue weighted by atomic mass is 10.1. The maximum atomic E-state index is 10.00. The van der Waals surface area contributed by atoms with Crippen molar-refractivity contribution in [2.24, 2.45) is 0 Å². The molecule has 0 aromatic heterocycles. The van der Waals surface area contributed by atoms with Crippen LogP contribution in [0.5, 0.6) is 0 Å². The van der Waals surface area contributed by atoms with E-state index in [4.69, 9.17) is 4.74 Å². The molecule has 5 heteroatoms. The Balaban J connectivity index is 4.30. The molecule has 0 radical (unpaired) electrons. The number of hydrogen-bond donors (Lipinski definition) is 0. The van der Waals surface area contributed by atoms with Gasteiger partial charge in [-0.3, -0.25) is 0 Å². The number of hydrogen-bond acceptors (Lipinski definition) is 4. The Hall–Kier alpha value is -1.26. The predicted molar refractivity (Wildman–Crippen MR) is 42.9 cm³/mol. The maximum absolute atomic E-state index is 10.00. The third kappa shape index (κ3) is 4.54. The minimum atomic E-state index is -0.941. The molecule has 0 fully saturated rings. The molecule has 0 aromatic rings. The van der Waals surface area contributed by atoms with Gasteiger partial charge in [-0.15, -0.1) is 10.1 Å². The van der Waals surface area contributed by atoms with E-state index in [0.717, 1.165) is 0 Å². The Morgan fingerprint density at radius 2 is 2.08 bits per heavy atom. The van der Waals surface area contributed by atoms with Crippen LogP contribution in [0.4, 0.5) is 0 Å². The number of rotatable bonds is 4. The number of methoxy groups -OCH3 is 1. The highest BCUT2D eigenvalue weighted by Crippen LogP contribution is 2.13. The number of nitrogens with zero attached hydrogens (tertiary/aromatic N) is 1. The van der Waals surface area contributed by atoms with Crippen LogP contribution in [0.2, 0.25) is 0 Å². The topological polar surface area (TPSA) is 61.6 Å². The molecule has 0 saturated carbocycles. The van der Waals surface area contributed by atoms with E-state index in [1.165, 1.54) is 13.2 Å². The summed E-state index contributed by atoms with van der Waals surface area (Å²) in [6, 6.07) is 0. The minimum absolute atomic E-state index is 0.585. The Morgan fingerprint density at radius 1 is 1.58 bits per heavy atom. The largest absolute Gasteiger partial charge is 0.502 e. The average Bonchev–Trinajstić information content (AvgIpc) is 1.83. The zero-order valence-electron chi connectivity index (χ0n) is 7.66. The van der Waals surface area contributed by atoms with Crippen LogP contribution in [0.25, 0.3) is 0 Å². The third-order valence-corrected chi connectivity index (χ3v) is 1.18. The Labute approximate surface area is 71.1 Å². The SMILES string of the molecule is CO/C(C)=C\C(C)(C)O[N+](=O)[O-]. The smallest absolute Gasteiger partial charge is 0.295 e. The zero-order valence-corrected chi connectivity index (χ0v) is 7.66. The first-order chi connectivity index (χ1) is 5.37. The molecule has 0 spiro atoms. The molecule has 5 nitrogen and oxygen atoms in total. The lowest BCUT2D eigenvalue weighted by Gasteiger charge is -2.17. The maximum Gasteiger partial charge on any atom is 0.295 e. The normalized spacial score (nSPS) is 12.5. The molecule has 0 aliphatic carbocycles. The van der Waals surface area contributed by atoms with Crippen molar-refractivity contribution in [3.8, 4) is 0 Å². The van der Waals surface area contributed by atoms with Crippen LogP contribution < -0.4 is 0 Å². The van der Waals surface area contributed by atoms with Gasteiger partial charge in [0.2, 0.25) is 0 Å². The van der Waals surface area contributed by atoms with E-state index >= 15 is 0 Å². The lowest BCUT2D eigenvalue weighted by molar-refractivity contribution is -0.775. The van der Waals surface area contributed by atoms with Crippen molar-refractivity contribution in [2.45, 2.75) is 26.4 Å². The van der Waals surface area contributed by atoms with Crippen LogP contribution in [0.15, 0.2) is 11.8 Å². The summed E-state index contributed by atoms with van der Waals surface area (Å²) >= 11 is 0. The second kappa shape index (κ2) is 3.94. The monoisotopic (exact) mass is 175 g/mol. The first kappa shape index (κ1) is 10.7. The minimum Gasteiger partial charge on any atom is -0.502 e. The van der Waals surface area contributed by atoms with Gasteiger partial charge < -0.3 is 9.57 Å². The van der Waals surface area contributed by atoms with Crippen molar-refractivity contribution in [2.75, 3.05) is 7.11 Å². The van der Waals surface area contributed by atoms with Gasteiger partial charge in [0.15, 0.2) is 0 Å². The summed E-state index contributed by atoms with van der Waals surface area (Å²) < 4.78 is 4.83. The summed E-state index contributed by atoms with van der Waals surface area (Å²) in [5.74, 6) is 0.585. The summed E-state index contributed by atoms with van der Waals surface area (Å²) in [5.41, 5.74) is -0.941. The molecule has 0 bridgehead atoms. The van der Waals surface area contributed by atoms with E-state index in [1.54, 1.807) is 20.8 Å². The molecule has 0 aliphatic heterocycles. The molecule has 12 heavy (non-hydrogen) atoms. The van der Waals surface area contributed by atoms with Crippen molar-refractivity contribution in [3.05, 3.63) is 21.9 Å². The molecule has 0 amide bonds. The quantitative estimate of drug-likeness (QED) is 0.369. The van der Waals surface area contributed by atoms with Gasteiger partial charge in [0.25, 0.3) is 5.09 Å². The van der Waals surface area contributed by atoms with Gasteiger partial charge in [0, 0.05) is 0 Å². The van der Waals surface area contributed by atoms with Gasteiger partial charge in [-0.05, 0) is 26.8 Å². The molecule has 0 rings (SSSR count). The molecule has 0 N–H and O–H groups in total. The van der Waals surface area contributed by atoms with E-state index in [-0.39, 0.29) is 0 Å². The third-order valence-electron chi connectivity index (χ3n) is 1.18. The van der Waals surface area contributed by atoms with Gasteiger partial charge >= 0.3 is 0 Å². The van der Waals surface area contributed by atoms with Gasteiger partial charge in [-0.25, -0.2) is 0 Å². The Morgan fingerprint density at radius 3 is 2.42 bits per heavy atom. The van der Waals surface area contributed by atoms with Crippen molar-refractivity contribution in [1.82, 2.24) is 0 Å². The van der Waals surface area contributed by atoms with E-state index < -0.39 is 10.7 Å². The summed E-state index contributed by atoms with van der Waals surface area (Å²) in [6.45, 7) is 4.86. The predicted octanol–water partition coefficient (Wildman–Crippen LogP) is 1.52. The highest BCUT2D eigenvalue weighted by Gasteiger charge is 2.19. The molecular weight excluding hydrogens is 162 g/mol. The summed E-state index contributed by atoms with van der Waals surface area (Å²) in [7, 11) is 1.49. The van der Waals surface area contributed by atoms with E-state index in [1.807, 2.05) is 0 Å². The Kier molecular flexibility index (Phi) is 3.53. The van der Waals surface area contributed by atoms with Crippen LogP contribution in [0.3, 0.4) is 0 Å². The Bertz CT molecular complexity index is 198. The van der Waals surface area contributed by atoms with E-state index in [0.29, 0.717) is 5.76 Å². The second-order valence-electron chi connectivity index (χ2n) is 2.88. The summed E-state index contributed by atoms with van der Waals surface area (Å²) in [6.07, 6.45) is 1.54. The second-order valence-corrected chi connectivity index (χ2v) is 2.88. The first-order valence-electron chi connectivity index (χ1n) is 3.44. The van der Waals surface area contributed by atoms with E-state index in [9.17, 15) is 10.1 Å². The average molecular weight is 175 g/mol. The first-order valence-corrected chi connectivity index (χ1v) is 3.44. The molecule has 0 saturated heterocycles. The summed E-state index contributed by atoms with van der Waals surface area (Å²) in [4.78, 5) is 14.4. The van der Waals surface area contributed by atoms with Crippen molar-refractivity contribution in [3.63, 3.8) is 0 Å².